The first-order chi connectivity index (χ1) is 12.3. The predicted molar refractivity (Wildman–Crippen MR) is 107 cm³/mol. The fourth-order valence-corrected chi connectivity index (χ4v) is 5.74. The van der Waals surface area contributed by atoms with Crippen LogP contribution in [-0.4, -0.2) is 58.0 Å². The molecule has 0 bridgehead atoms. The molecule has 144 valence electrons. The molecule has 0 spiro atoms. The standard InChI is InChI=1S/C20H31N3O2S/c1-16-13-23(12-9-18(16)17-7-5-4-6-8-17)19(21-2)22-14-20(10-11-20)15-26(3,24)25/h4-8,16,18H,9-15H2,1-3H3,(H,21,22). The average molecular weight is 378 g/mol. The molecule has 1 aromatic carbocycles. The fraction of sp³-hybridized carbons (Fsp3) is 0.650. The number of nitrogens with one attached hydrogen (secondary N) is 1. The predicted octanol–water partition coefficient (Wildman–Crippen LogP) is 2.51. The molecule has 6 heteroatoms. The average Bonchev–Trinajstić information content (AvgIpc) is 3.34. The molecule has 2 unspecified atom stereocenters. The molecule has 2 aliphatic rings. The lowest BCUT2D eigenvalue weighted by atomic mass is 9.82. The Kier molecular flexibility index (Phi) is 5.61. The molecule has 1 heterocycles. The number of piperidine rings is 1. The molecule has 0 amide bonds. The minimum atomic E-state index is -2.94. The van der Waals surface area contributed by atoms with Gasteiger partial charge in [-0.1, -0.05) is 37.3 Å². The number of hydrogen-bond acceptors (Lipinski definition) is 3. The highest BCUT2D eigenvalue weighted by Crippen LogP contribution is 2.46. The van der Waals surface area contributed by atoms with Crippen LogP contribution < -0.4 is 5.32 Å². The van der Waals surface area contributed by atoms with Crippen molar-refractivity contribution in [2.75, 3.05) is 38.7 Å². The van der Waals surface area contributed by atoms with Gasteiger partial charge in [0.05, 0.1) is 5.75 Å². The van der Waals surface area contributed by atoms with Gasteiger partial charge >= 0.3 is 0 Å². The van der Waals surface area contributed by atoms with E-state index in [1.54, 1.807) is 0 Å². The Morgan fingerprint density at radius 2 is 2.00 bits per heavy atom. The first kappa shape index (κ1) is 19.2. The summed E-state index contributed by atoms with van der Waals surface area (Å²) in [7, 11) is -1.13. The van der Waals surface area contributed by atoms with E-state index in [1.807, 2.05) is 7.05 Å². The zero-order chi connectivity index (χ0) is 18.8. The van der Waals surface area contributed by atoms with Crippen molar-refractivity contribution in [3.05, 3.63) is 35.9 Å². The minimum Gasteiger partial charge on any atom is -0.356 e. The Balaban J connectivity index is 1.57. The molecular weight excluding hydrogens is 346 g/mol. The van der Waals surface area contributed by atoms with Crippen LogP contribution in [-0.2, 0) is 9.84 Å². The maximum Gasteiger partial charge on any atom is 0.193 e. The number of nitrogens with zero attached hydrogens (tertiary/aromatic N) is 2. The first-order valence-electron chi connectivity index (χ1n) is 9.50. The van der Waals surface area contributed by atoms with Gasteiger partial charge in [0.25, 0.3) is 0 Å². The van der Waals surface area contributed by atoms with E-state index in [2.05, 4.69) is 52.5 Å². The smallest absolute Gasteiger partial charge is 0.193 e. The highest BCUT2D eigenvalue weighted by molar-refractivity contribution is 7.90. The van der Waals surface area contributed by atoms with Crippen molar-refractivity contribution in [1.29, 1.82) is 0 Å². The number of rotatable bonds is 5. The van der Waals surface area contributed by atoms with Crippen LogP contribution in [0.5, 0.6) is 0 Å². The zero-order valence-electron chi connectivity index (χ0n) is 16.1. The largest absolute Gasteiger partial charge is 0.356 e. The molecule has 0 aromatic heterocycles. The topological polar surface area (TPSA) is 61.8 Å². The van der Waals surface area contributed by atoms with Gasteiger partial charge in [-0.05, 0) is 36.7 Å². The summed E-state index contributed by atoms with van der Waals surface area (Å²) in [5.74, 6) is 2.32. The van der Waals surface area contributed by atoms with Gasteiger partial charge in [0, 0.05) is 38.4 Å². The van der Waals surface area contributed by atoms with Gasteiger partial charge in [0.15, 0.2) is 5.96 Å². The second kappa shape index (κ2) is 7.59. The normalized spacial score (nSPS) is 25.8. The second-order valence-electron chi connectivity index (χ2n) is 8.20. The molecule has 1 saturated heterocycles. The lowest BCUT2D eigenvalue weighted by molar-refractivity contribution is 0.233. The van der Waals surface area contributed by atoms with E-state index < -0.39 is 9.84 Å². The molecule has 0 radical (unpaired) electrons. The molecule has 1 aromatic rings. The summed E-state index contributed by atoms with van der Waals surface area (Å²) in [4.78, 5) is 6.77. The highest BCUT2D eigenvalue weighted by Gasteiger charge is 2.45. The minimum absolute atomic E-state index is 0.0858. The van der Waals surface area contributed by atoms with Crippen molar-refractivity contribution < 1.29 is 8.42 Å². The number of aliphatic imine (C=N–C) groups is 1. The molecule has 26 heavy (non-hydrogen) atoms. The van der Waals surface area contributed by atoms with E-state index in [4.69, 9.17) is 0 Å². The quantitative estimate of drug-likeness (QED) is 0.633. The molecule has 1 aliphatic heterocycles. The van der Waals surface area contributed by atoms with Crippen LogP contribution in [0.4, 0.5) is 0 Å². The molecule has 3 rings (SSSR count). The van der Waals surface area contributed by atoms with Crippen molar-refractivity contribution in [3.8, 4) is 0 Å². The Labute approximate surface area is 157 Å². The Bertz CT molecular complexity index is 742. The van der Waals surface area contributed by atoms with Gasteiger partial charge in [-0.2, -0.15) is 0 Å². The third kappa shape index (κ3) is 4.78. The van der Waals surface area contributed by atoms with Crippen LogP contribution in [0.1, 0.15) is 37.7 Å². The Morgan fingerprint density at radius 3 is 2.54 bits per heavy atom. The highest BCUT2D eigenvalue weighted by atomic mass is 32.2. The summed E-state index contributed by atoms with van der Waals surface area (Å²) in [6.45, 7) is 4.95. The Morgan fingerprint density at radius 1 is 1.31 bits per heavy atom. The third-order valence-corrected chi connectivity index (χ3v) is 6.93. The SMILES string of the molecule is CN=C(NCC1(CS(C)(=O)=O)CC1)N1CCC(c2ccccc2)C(C)C1. The van der Waals surface area contributed by atoms with E-state index in [-0.39, 0.29) is 11.2 Å². The van der Waals surface area contributed by atoms with Crippen LogP contribution in [0, 0.1) is 11.3 Å². The third-order valence-electron chi connectivity index (χ3n) is 5.79. The van der Waals surface area contributed by atoms with Crippen molar-refractivity contribution >= 4 is 15.8 Å². The summed E-state index contributed by atoms with van der Waals surface area (Å²) in [5, 5.41) is 3.45. The van der Waals surface area contributed by atoms with Gasteiger partial charge in [0.1, 0.15) is 9.84 Å². The maximum atomic E-state index is 11.6. The zero-order valence-corrected chi connectivity index (χ0v) is 16.9. The van der Waals surface area contributed by atoms with Crippen LogP contribution in [0.3, 0.4) is 0 Å². The van der Waals surface area contributed by atoms with Gasteiger partial charge in [-0.15, -0.1) is 0 Å². The number of sulfone groups is 1. The van der Waals surface area contributed by atoms with Crippen molar-refractivity contribution in [3.63, 3.8) is 0 Å². The molecular formula is C20H31N3O2S. The molecule has 5 nitrogen and oxygen atoms in total. The van der Waals surface area contributed by atoms with E-state index in [9.17, 15) is 8.42 Å². The lowest BCUT2D eigenvalue weighted by Gasteiger charge is -2.39. The number of guanidine groups is 1. The summed E-state index contributed by atoms with van der Waals surface area (Å²) in [6, 6.07) is 10.8. The van der Waals surface area contributed by atoms with E-state index in [0.29, 0.717) is 18.4 Å². The van der Waals surface area contributed by atoms with Crippen molar-refractivity contribution in [2.45, 2.75) is 32.1 Å². The first-order valence-corrected chi connectivity index (χ1v) is 11.6. The molecule has 2 fully saturated rings. The van der Waals surface area contributed by atoms with Gasteiger partial charge < -0.3 is 10.2 Å². The van der Waals surface area contributed by atoms with Gasteiger partial charge in [-0.3, -0.25) is 4.99 Å². The number of likely N-dealkylation sites (tertiary alicyclic amines) is 1. The number of benzene rings is 1. The summed E-state index contributed by atoms with van der Waals surface area (Å²) in [5.41, 5.74) is 1.34. The van der Waals surface area contributed by atoms with Crippen LogP contribution in [0.2, 0.25) is 0 Å². The monoisotopic (exact) mass is 377 g/mol. The summed E-state index contributed by atoms with van der Waals surface area (Å²) < 4.78 is 23.3. The Hall–Kier alpha value is -1.56. The van der Waals surface area contributed by atoms with Gasteiger partial charge in [-0.25, -0.2) is 8.42 Å². The summed E-state index contributed by atoms with van der Waals surface area (Å²) in [6.07, 6.45) is 4.41. The lowest BCUT2D eigenvalue weighted by Crippen LogP contribution is -2.49. The molecule has 1 saturated carbocycles. The van der Waals surface area contributed by atoms with Crippen molar-refractivity contribution in [2.24, 2.45) is 16.3 Å². The van der Waals surface area contributed by atoms with Crippen LogP contribution in [0.15, 0.2) is 35.3 Å². The van der Waals surface area contributed by atoms with E-state index in [0.717, 1.165) is 38.3 Å². The van der Waals surface area contributed by atoms with Gasteiger partial charge in [0.2, 0.25) is 0 Å². The maximum absolute atomic E-state index is 11.6. The molecule has 1 N–H and O–H groups in total. The van der Waals surface area contributed by atoms with Crippen LogP contribution in [0.25, 0.3) is 0 Å². The van der Waals surface area contributed by atoms with Crippen LogP contribution >= 0.6 is 0 Å². The fourth-order valence-electron chi connectivity index (χ4n) is 4.24. The number of hydrogen-bond donors (Lipinski definition) is 1. The molecule has 1 aliphatic carbocycles. The van der Waals surface area contributed by atoms with E-state index >= 15 is 0 Å². The van der Waals surface area contributed by atoms with E-state index in [1.165, 1.54) is 11.8 Å². The molecule has 2 atom stereocenters. The van der Waals surface area contributed by atoms with Crippen molar-refractivity contribution in [1.82, 2.24) is 10.2 Å². The second-order valence-corrected chi connectivity index (χ2v) is 10.3. The summed E-state index contributed by atoms with van der Waals surface area (Å²) >= 11 is 0.